The molecule has 3 rings (SSSR count). The molecule has 1 aromatic heterocycles. The van der Waals surface area contributed by atoms with Crippen molar-refractivity contribution in [2.75, 3.05) is 13.7 Å². The van der Waals surface area contributed by atoms with E-state index in [9.17, 15) is 5.11 Å². The molecule has 0 spiro atoms. The van der Waals surface area contributed by atoms with Gasteiger partial charge < -0.3 is 9.84 Å². The molecule has 0 aliphatic rings. The largest absolute Gasteiger partial charge is 0.504 e. The van der Waals surface area contributed by atoms with Gasteiger partial charge in [0.2, 0.25) is 4.80 Å². The van der Waals surface area contributed by atoms with Gasteiger partial charge in [0.1, 0.15) is 0 Å². The van der Waals surface area contributed by atoms with Crippen LogP contribution in [0.4, 0.5) is 0 Å². The van der Waals surface area contributed by atoms with Gasteiger partial charge in [-0.1, -0.05) is 34.1 Å². The third-order valence-electron chi connectivity index (χ3n) is 3.69. The Kier molecular flexibility index (Phi) is 6.26. The minimum Gasteiger partial charge on any atom is -0.504 e. The Morgan fingerprint density at radius 2 is 2.15 bits per heavy atom. The second-order valence-electron chi connectivity index (χ2n) is 5.53. The number of halogens is 1. The number of benzene rings is 2. The van der Waals surface area contributed by atoms with E-state index < -0.39 is 0 Å². The molecule has 2 aromatic carbocycles. The first kappa shape index (κ1) is 19.1. The molecule has 27 heavy (non-hydrogen) atoms. The molecule has 0 bridgehead atoms. The second-order valence-corrected chi connectivity index (χ2v) is 7.28. The molecule has 1 N–H and O–H groups in total. The number of rotatable bonds is 6. The molecule has 1 heterocycles. The van der Waals surface area contributed by atoms with E-state index in [4.69, 9.17) is 4.74 Å². The summed E-state index contributed by atoms with van der Waals surface area (Å²) >= 11 is 5.02. The lowest BCUT2D eigenvalue weighted by Crippen LogP contribution is -2.12. The molecule has 138 valence electrons. The van der Waals surface area contributed by atoms with Gasteiger partial charge in [-0.3, -0.25) is 4.99 Å². The van der Waals surface area contributed by atoms with Crippen molar-refractivity contribution in [3.05, 3.63) is 75.3 Å². The fourth-order valence-corrected chi connectivity index (χ4v) is 3.67. The van der Waals surface area contributed by atoms with Crippen molar-refractivity contribution >= 4 is 33.5 Å². The first-order valence-corrected chi connectivity index (χ1v) is 9.79. The van der Waals surface area contributed by atoms with Gasteiger partial charge in [-0.2, -0.15) is 5.10 Å². The summed E-state index contributed by atoms with van der Waals surface area (Å²) < 4.78 is 7.86. The highest BCUT2D eigenvalue weighted by molar-refractivity contribution is 9.10. The molecule has 0 radical (unpaired) electrons. The van der Waals surface area contributed by atoms with Gasteiger partial charge in [-0.25, -0.2) is 4.68 Å². The molecular formula is C20H18BrN3O2S. The van der Waals surface area contributed by atoms with Gasteiger partial charge in [0.15, 0.2) is 11.5 Å². The SMILES string of the molecule is C=CCN=c1scc(-c2cccc(Br)c2)n1N=Cc1ccc(OC)c(O)c1. The fourth-order valence-electron chi connectivity index (χ4n) is 2.42. The van der Waals surface area contributed by atoms with E-state index in [0.29, 0.717) is 12.3 Å². The molecule has 0 aliphatic carbocycles. The first-order chi connectivity index (χ1) is 13.1. The van der Waals surface area contributed by atoms with Crippen LogP contribution in [-0.4, -0.2) is 29.7 Å². The number of hydrogen-bond acceptors (Lipinski definition) is 5. The summed E-state index contributed by atoms with van der Waals surface area (Å²) in [5, 5.41) is 16.6. The minimum atomic E-state index is 0.0700. The number of nitrogens with zero attached hydrogens (tertiary/aromatic N) is 3. The van der Waals surface area contributed by atoms with Crippen molar-refractivity contribution in [1.29, 1.82) is 0 Å². The van der Waals surface area contributed by atoms with E-state index in [1.165, 1.54) is 18.4 Å². The highest BCUT2D eigenvalue weighted by atomic mass is 79.9. The van der Waals surface area contributed by atoms with Gasteiger partial charge in [-0.15, -0.1) is 17.9 Å². The third-order valence-corrected chi connectivity index (χ3v) is 5.03. The summed E-state index contributed by atoms with van der Waals surface area (Å²) in [6, 6.07) is 13.1. The summed E-state index contributed by atoms with van der Waals surface area (Å²) in [5.41, 5.74) is 2.70. The van der Waals surface area contributed by atoms with E-state index in [1.807, 2.05) is 35.7 Å². The number of aromatic nitrogens is 1. The molecule has 7 heteroatoms. The average Bonchev–Trinajstić information content (AvgIpc) is 3.07. The Labute approximate surface area is 169 Å². The van der Waals surface area contributed by atoms with Crippen molar-refractivity contribution < 1.29 is 9.84 Å². The molecule has 0 saturated heterocycles. The summed E-state index contributed by atoms with van der Waals surface area (Å²) in [4.78, 5) is 5.28. The smallest absolute Gasteiger partial charge is 0.206 e. The van der Waals surface area contributed by atoms with Gasteiger partial charge in [0, 0.05) is 15.4 Å². The predicted molar refractivity (Wildman–Crippen MR) is 114 cm³/mol. The monoisotopic (exact) mass is 443 g/mol. The maximum Gasteiger partial charge on any atom is 0.206 e. The Hall–Kier alpha value is -2.64. The van der Waals surface area contributed by atoms with Gasteiger partial charge >= 0.3 is 0 Å². The van der Waals surface area contributed by atoms with Crippen molar-refractivity contribution in [2.45, 2.75) is 0 Å². The number of phenols is 1. The number of aromatic hydroxyl groups is 1. The Bertz CT molecular complexity index is 1050. The van der Waals surface area contributed by atoms with Gasteiger partial charge in [-0.05, 0) is 35.9 Å². The van der Waals surface area contributed by atoms with Crippen molar-refractivity contribution in [3.63, 3.8) is 0 Å². The topological polar surface area (TPSA) is 59.1 Å². The van der Waals surface area contributed by atoms with Crippen LogP contribution in [0, 0.1) is 0 Å². The quantitative estimate of drug-likeness (QED) is 0.444. The van der Waals surface area contributed by atoms with E-state index in [0.717, 1.165) is 26.1 Å². The lowest BCUT2D eigenvalue weighted by atomic mass is 10.2. The van der Waals surface area contributed by atoms with Crippen LogP contribution in [0.5, 0.6) is 11.5 Å². The molecule has 0 unspecified atom stereocenters. The lowest BCUT2D eigenvalue weighted by Gasteiger charge is -2.05. The first-order valence-electron chi connectivity index (χ1n) is 8.11. The number of phenolic OH excluding ortho intramolecular Hbond substituents is 1. The number of thiazole rings is 1. The van der Waals surface area contributed by atoms with Crippen LogP contribution in [-0.2, 0) is 0 Å². The highest BCUT2D eigenvalue weighted by Crippen LogP contribution is 2.26. The van der Waals surface area contributed by atoms with Crippen LogP contribution in [0.25, 0.3) is 11.3 Å². The number of methoxy groups -OCH3 is 1. The molecule has 5 nitrogen and oxygen atoms in total. The summed E-state index contributed by atoms with van der Waals surface area (Å²) in [7, 11) is 1.52. The zero-order valence-corrected chi connectivity index (χ0v) is 17.1. The van der Waals surface area contributed by atoms with Crippen molar-refractivity contribution in [2.24, 2.45) is 10.1 Å². The molecule has 0 atom stereocenters. The second kappa shape index (κ2) is 8.83. The summed E-state index contributed by atoms with van der Waals surface area (Å²) in [5.74, 6) is 0.493. The van der Waals surface area contributed by atoms with Crippen LogP contribution in [0.2, 0.25) is 0 Å². The average molecular weight is 444 g/mol. The molecule has 0 saturated carbocycles. The maximum atomic E-state index is 9.96. The van der Waals surface area contributed by atoms with Crippen LogP contribution >= 0.6 is 27.3 Å². The minimum absolute atomic E-state index is 0.0700. The summed E-state index contributed by atoms with van der Waals surface area (Å²) in [6.45, 7) is 4.23. The van der Waals surface area contributed by atoms with Crippen LogP contribution in [0.1, 0.15) is 5.56 Å². The molecule has 0 fully saturated rings. The molecule has 0 amide bonds. The third kappa shape index (κ3) is 4.56. The normalized spacial score (nSPS) is 11.9. The summed E-state index contributed by atoms with van der Waals surface area (Å²) in [6.07, 6.45) is 3.42. The van der Waals surface area contributed by atoms with Crippen LogP contribution < -0.4 is 9.54 Å². The molecular weight excluding hydrogens is 426 g/mol. The Balaban J connectivity index is 2.05. The van der Waals surface area contributed by atoms with Crippen molar-refractivity contribution in [1.82, 2.24) is 4.68 Å². The van der Waals surface area contributed by atoms with E-state index in [2.05, 4.69) is 32.6 Å². The van der Waals surface area contributed by atoms with E-state index in [-0.39, 0.29) is 5.75 Å². The highest BCUT2D eigenvalue weighted by Gasteiger charge is 2.08. The number of ether oxygens (including phenoxy) is 1. The van der Waals surface area contributed by atoms with Crippen LogP contribution in [0.15, 0.2) is 75.1 Å². The number of hydrogen-bond donors (Lipinski definition) is 1. The van der Waals surface area contributed by atoms with Crippen molar-refractivity contribution in [3.8, 4) is 22.8 Å². The van der Waals surface area contributed by atoms with E-state index in [1.54, 1.807) is 29.1 Å². The molecule has 3 aromatic rings. The van der Waals surface area contributed by atoms with E-state index >= 15 is 0 Å². The van der Waals surface area contributed by atoms with Gasteiger partial charge in [0.25, 0.3) is 0 Å². The zero-order chi connectivity index (χ0) is 19.2. The standard InChI is InChI=1S/C20H18BrN3O2S/c1-3-9-22-20-24(17(13-27-20)15-5-4-6-16(21)11-15)23-12-14-7-8-19(26-2)18(25)10-14/h3-8,10-13,25H,1,9H2,2H3. The Morgan fingerprint density at radius 1 is 1.30 bits per heavy atom. The Morgan fingerprint density at radius 3 is 2.85 bits per heavy atom. The maximum absolute atomic E-state index is 9.96. The van der Waals surface area contributed by atoms with Crippen LogP contribution in [0.3, 0.4) is 0 Å². The van der Waals surface area contributed by atoms with Gasteiger partial charge in [0.05, 0.1) is 25.6 Å². The zero-order valence-electron chi connectivity index (χ0n) is 14.7. The fraction of sp³-hybridized carbons (Fsp3) is 0.100. The predicted octanol–water partition coefficient (Wildman–Crippen LogP) is 4.66. The molecule has 0 aliphatic heterocycles. The lowest BCUT2D eigenvalue weighted by molar-refractivity contribution is 0.373.